The Morgan fingerprint density at radius 2 is 1.75 bits per heavy atom. The summed E-state index contributed by atoms with van der Waals surface area (Å²) >= 11 is 3.20. The van der Waals surface area contributed by atoms with E-state index in [1.165, 1.54) is 17.7 Å². The van der Waals surface area contributed by atoms with Gasteiger partial charge in [-0.3, -0.25) is 4.79 Å². The van der Waals surface area contributed by atoms with Gasteiger partial charge in [-0.25, -0.2) is 4.39 Å². The van der Waals surface area contributed by atoms with Crippen LogP contribution in [0.25, 0.3) is 0 Å². The average molecular weight is 335 g/mol. The Labute approximate surface area is 127 Å². The van der Waals surface area contributed by atoms with Crippen LogP contribution in [-0.2, 0) is 6.42 Å². The third kappa shape index (κ3) is 3.76. The molecule has 0 atom stereocenters. The van der Waals surface area contributed by atoms with E-state index in [0.717, 1.165) is 6.42 Å². The van der Waals surface area contributed by atoms with E-state index < -0.39 is 5.82 Å². The van der Waals surface area contributed by atoms with Crippen molar-refractivity contribution in [3.05, 3.63) is 69.4 Å². The van der Waals surface area contributed by atoms with Gasteiger partial charge in [-0.2, -0.15) is 0 Å². The Bertz CT molecular complexity index is 597. The van der Waals surface area contributed by atoms with Gasteiger partial charge >= 0.3 is 0 Å². The molecule has 1 nitrogen and oxygen atoms in total. The van der Waals surface area contributed by atoms with Crippen LogP contribution in [-0.4, -0.2) is 5.78 Å². The van der Waals surface area contributed by atoms with Gasteiger partial charge in [0, 0.05) is 15.6 Å². The lowest BCUT2D eigenvalue weighted by Crippen LogP contribution is -2.03. The zero-order valence-electron chi connectivity index (χ0n) is 11.5. The largest absolute Gasteiger partial charge is 0.289 e. The molecular weight excluding hydrogens is 319 g/mol. The molecule has 0 aliphatic carbocycles. The number of rotatable bonds is 4. The maximum absolute atomic E-state index is 13.3. The Morgan fingerprint density at radius 3 is 2.30 bits per heavy atom. The van der Waals surface area contributed by atoms with E-state index in [0.29, 0.717) is 21.5 Å². The molecule has 0 heterocycles. The molecule has 2 rings (SSSR count). The lowest BCUT2D eigenvalue weighted by Gasteiger charge is -2.06. The molecule has 0 amide bonds. The molecular formula is C17H16BrFO. The highest BCUT2D eigenvalue weighted by Crippen LogP contribution is 2.18. The van der Waals surface area contributed by atoms with Gasteiger partial charge in [-0.05, 0) is 36.1 Å². The molecule has 0 radical (unpaired) electrons. The highest BCUT2D eigenvalue weighted by molar-refractivity contribution is 9.10. The predicted octanol–water partition coefficient (Wildman–Crippen LogP) is 5.02. The van der Waals surface area contributed by atoms with Crippen molar-refractivity contribution >= 4 is 21.7 Å². The maximum atomic E-state index is 13.3. The molecule has 0 spiro atoms. The van der Waals surface area contributed by atoms with Crippen LogP contribution in [0.4, 0.5) is 4.39 Å². The van der Waals surface area contributed by atoms with Gasteiger partial charge in [0.15, 0.2) is 5.78 Å². The molecule has 104 valence electrons. The molecule has 20 heavy (non-hydrogen) atoms. The van der Waals surface area contributed by atoms with Crippen LogP contribution in [0, 0.1) is 11.7 Å². The Balaban J connectivity index is 2.24. The smallest absolute Gasteiger partial charge is 0.193 e. The van der Waals surface area contributed by atoms with Crippen molar-refractivity contribution in [2.24, 2.45) is 5.92 Å². The van der Waals surface area contributed by atoms with Gasteiger partial charge in [0.05, 0.1) is 0 Å². The summed E-state index contributed by atoms with van der Waals surface area (Å²) in [7, 11) is 0. The number of benzene rings is 2. The van der Waals surface area contributed by atoms with Gasteiger partial charge in [0.25, 0.3) is 0 Å². The summed E-state index contributed by atoms with van der Waals surface area (Å²) in [5, 5.41) is 0. The molecule has 0 aliphatic heterocycles. The van der Waals surface area contributed by atoms with E-state index in [9.17, 15) is 9.18 Å². The van der Waals surface area contributed by atoms with Crippen molar-refractivity contribution in [1.82, 2.24) is 0 Å². The van der Waals surface area contributed by atoms with Crippen LogP contribution >= 0.6 is 15.9 Å². The van der Waals surface area contributed by atoms with E-state index in [1.807, 2.05) is 12.1 Å². The first-order valence-electron chi connectivity index (χ1n) is 6.55. The normalized spacial score (nSPS) is 10.8. The van der Waals surface area contributed by atoms with E-state index >= 15 is 0 Å². The van der Waals surface area contributed by atoms with Crippen molar-refractivity contribution < 1.29 is 9.18 Å². The first-order chi connectivity index (χ1) is 9.45. The predicted molar refractivity (Wildman–Crippen MR) is 82.5 cm³/mol. The number of hydrogen-bond acceptors (Lipinski definition) is 1. The minimum absolute atomic E-state index is 0.165. The molecule has 0 fully saturated rings. The molecule has 3 heteroatoms. The lowest BCUT2D eigenvalue weighted by atomic mass is 9.98. The van der Waals surface area contributed by atoms with Crippen molar-refractivity contribution in [3.63, 3.8) is 0 Å². The molecule has 0 bridgehead atoms. The van der Waals surface area contributed by atoms with Crippen LogP contribution in [0.5, 0.6) is 0 Å². The van der Waals surface area contributed by atoms with Crippen molar-refractivity contribution in [1.29, 1.82) is 0 Å². The second kappa shape index (κ2) is 6.31. The highest BCUT2D eigenvalue weighted by Gasteiger charge is 2.11. The lowest BCUT2D eigenvalue weighted by molar-refractivity contribution is 0.103. The molecule has 0 saturated heterocycles. The molecule has 0 aromatic heterocycles. The summed E-state index contributed by atoms with van der Waals surface area (Å²) in [6, 6.07) is 11.8. The summed E-state index contributed by atoms with van der Waals surface area (Å²) in [5.41, 5.74) is 2.14. The van der Waals surface area contributed by atoms with Crippen LogP contribution in [0.1, 0.15) is 35.3 Å². The molecule has 0 aliphatic rings. The Morgan fingerprint density at radius 1 is 1.10 bits per heavy atom. The third-order valence-corrected chi connectivity index (χ3v) is 3.44. The van der Waals surface area contributed by atoms with Crippen LogP contribution in [0.3, 0.4) is 0 Å². The van der Waals surface area contributed by atoms with Crippen LogP contribution < -0.4 is 0 Å². The zero-order chi connectivity index (χ0) is 14.7. The quantitative estimate of drug-likeness (QED) is 0.717. The van der Waals surface area contributed by atoms with Crippen molar-refractivity contribution in [3.8, 4) is 0 Å². The van der Waals surface area contributed by atoms with Crippen LogP contribution in [0.15, 0.2) is 46.9 Å². The fourth-order valence-corrected chi connectivity index (χ4v) is 2.58. The number of halogens is 2. The number of carbonyl (C=O) groups is 1. The standard InChI is InChI=1S/C17H16BrFO/c1-11(2)7-12-3-5-13(6-4-12)17(20)14-8-15(18)10-16(19)9-14/h3-6,8-11H,7H2,1-2H3. The van der Waals surface area contributed by atoms with Crippen molar-refractivity contribution in [2.45, 2.75) is 20.3 Å². The summed E-state index contributed by atoms with van der Waals surface area (Å²) < 4.78 is 13.9. The Hall–Kier alpha value is -1.48. The molecule has 2 aromatic carbocycles. The first-order valence-corrected chi connectivity index (χ1v) is 7.35. The van der Waals surface area contributed by atoms with E-state index in [4.69, 9.17) is 0 Å². The van der Waals surface area contributed by atoms with Gasteiger partial charge in [0.1, 0.15) is 5.82 Å². The fourth-order valence-electron chi connectivity index (χ4n) is 2.12. The average Bonchev–Trinajstić information content (AvgIpc) is 2.37. The number of carbonyl (C=O) groups excluding carboxylic acids is 1. The first kappa shape index (κ1) is 14.9. The zero-order valence-corrected chi connectivity index (χ0v) is 13.1. The SMILES string of the molecule is CC(C)Cc1ccc(C(=O)c2cc(F)cc(Br)c2)cc1. The van der Waals surface area contributed by atoms with E-state index in [-0.39, 0.29) is 5.78 Å². The number of hydrogen-bond donors (Lipinski definition) is 0. The summed E-state index contributed by atoms with van der Waals surface area (Å²) in [5.74, 6) is -0.00354. The second-order valence-electron chi connectivity index (χ2n) is 5.28. The summed E-state index contributed by atoms with van der Waals surface area (Å²) in [4.78, 5) is 12.3. The molecule has 2 aromatic rings. The minimum Gasteiger partial charge on any atom is -0.289 e. The summed E-state index contributed by atoms with van der Waals surface area (Å²) in [6.45, 7) is 4.31. The summed E-state index contributed by atoms with van der Waals surface area (Å²) in [6.07, 6.45) is 0.986. The van der Waals surface area contributed by atoms with Gasteiger partial charge in [0.2, 0.25) is 0 Å². The van der Waals surface area contributed by atoms with E-state index in [2.05, 4.69) is 29.8 Å². The third-order valence-electron chi connectivity index (χ3n) is 2.98. The minimum atomic E-state index is -0.417. The van der Waals surface area contributed by atoms with Crippen molar-refractivity contribution in [2.75, 3.05) is 0 Å². The van der Waals surface area contributed by atoms with Crippen LogP contribution in [0.2, 0.25) is 0 Å². The van der Waals surface area contributed by atoms with E-state index in [1.54, 1.807) is 18.2 Å². The monoisotopic (exact) mass is 334 g/mol. The maximum Gasteiger partial charge on any atom is 0.193 e. The van der Waals surface area contributed by atoms with Gasteiger partial charge in [-0.1, -0.05) is 54.0 Å². The van der Waals surface area contributed by atoms with Gasteiger partial charge in [-0.15, -0.1) is 0 Å². The topological polar surface area (TPSA) is 17.1 Å². The molecule has 0 unspecified atom stereocenters. The fraction of sp³-hybridized carbons (Fsp3) is 0.235. The number of ketones is 1. The highest BCUT2D eigenvalue weighted by atomic mass is 79.9. The van der Waals surface area contributed by atoms with Gasteiger partial charge < -0.3 is 0 Å². The molecule has 0 saturated carbocycles. The second-order valence-corrected chi connectivity index (χ2v) is 6.20. The molecule has 0 N–H and O–H groups in total. The Kier molecular flexibility index (Phi) is 4.71.